The van der Waals surface area contributed by atoms with Gasteiger partial charge in [-0.05, 0) is 117 Å². The maximum atomic E-state index is 5.94. The van der Waals surface area contributed by atoms with Crippen molar-refractivity contribution in [2.24, 2.45) is 0 Å². The summed E-state index contributed by atoms with van der Waals surface area (Å²) >= 11 is 5.94. The first-order valence-corrected chi connectivity index (χ1v) is 21.9. The van der Waals surface area contributed by atoms with Gasteiger partial charge in [0.25, 0.3) is 0 Å². The van der Waals surface area contributed by atoms with Crippen molar-refractivity contribution in [3.8, 4) is 11.4 Å². The van der Waals surface area contributed by atoms with Crippen LogP contribution in [0.1, 0.15) is 49.2 Å². The molecule has 2 unspecified atom stereocenters. The van der Waals surface area contributed by atoms with E-state index in [1.54, 1.807) is 17.2 Å². The number of imidazole rings is 2. The van der Waals surface area contributed by atoms with Gasteiger partial charge in [0.2, 0.25) is 11.2 Å². The van der Waals surface area contributed by atoms with E-state index in [1.165, 1.54) is 18.5 Å². The fourth-order valence-electron chi connectivity index (χ4n) is 8.04. The second-order valence-electron chi connectivity index (χ2n) is 15.4. The summed E-state index contributed by atoms with van der Waals surface area (Å²) in [6, 6.07) is 40.7. The molecular weight excluding hydrogens is 872 g/mol. The van der Waals surface area contributed by atoms with Gasteiger partial charge in [-0.25, -0.2) is 19.0 Å². The number of hydrogen-bond donors (Lipinski definition) is 3. The van der Waals surface area contributed by atoms with Crippen LogP contribution < -0.4 is 20.9 Å². The predicted octanol–water partition coefficient (Wildman–Crippen LogP) is 9.63. The molecule has 66 heavy (non-hydrogen) atoms. The Kier molecular flexibility index (Phi) is 13.5. The van der Waals surface area contributed by atoms with E-state index in [2.05, 4.69) is 63.0 Å². The Labute approximate surface area is 391 Å². The summed E-state index contributed by atoms with van der Waals surface area (Å²) in [6.45, 7) is 2.04. The third kappa shape index (κ3) is 10.0. The molecule has 2 fully saturated rings. The van der Waals surface area contributed by atoms with Crippen LogP contribution in [-0.4, -0.2) is 71.4 Å². The number of benzene rings is 2. The summed E-state index contributed by atoms with van der Waals surface area (Å²) in [4.78, 5) is 29.1. The molecule has 2 aliphatic rings. The summed E-state index contributed by atoms with van der Waals surface area (Å²) in [7, 11) is 0. The van der Waals surface area contributed by atoms with Crippen LogP contribution in [0.2, 0.25) is 5.28 Å². The molecule has 16 nitrogen and oxygen atoms in total. The van der Waals surface area contributed by atoms with Crippen molar-refractivity contribution in [3.05, 3.63) is 188 Å². The lowest BCUT2D eigenvalue weighted by molar-refractivity contribution is 0.628. The molecule has 12 rings (SSSR count). The number of fused-ring (bicyclic) bond motifs is 2. The van der Waals surface area contributed by atoms with E-state index in [4.69, 9.17) is 21.7 Å². The minimum atomic E-state index is 0. The maximum Gasteiger partial charge on any atom is 0.246 e. The molecule has 0 bridgehead atoms. The molecule has 10 heterocycles. The first-order valence-electron chi connectivity index (χ1n) is 21.5. The van der Waals surface area contributed by atoms with E-state index in [1.807, 2.05) is 160 Å². The molecule has 2 saturated heterocycles. The van der Waals surface area contributed by atoms with Gasteiger partial charge in [-0.1, -0.05) is 48.5 Å². The fraction of sp³-hybridized carbons (Fsp3) is 0.167. The number of pyridine rings is 2. The molecule has 3 N–H and O–H groups in total. The Morgan fingerprint density at radius 2 is 1.15 bits per heavy atom. The zero-order valence-corrected chi connectivity index (χ0v) is 37.2. The van der Waals surface area contributed by atoms with Crippen molar-refractivity contribution >= 4 is 64.3 Å². The van der Waals surface area contributed by atoms with Crippen LogP contribution in [0.3, 0.4) is 0 Å². The number of hydrogen-bond acceptors (Lipinski definition) is 12. The lowest BCUT2D eigenvalue weighted by Gasteiger charge is -2.24. The van der Waals surface area contributed by atoms with Crippen LogP contribution in [0.25, 0.3) is 22.4 Å². The summed E-state index contributed by atoms with van der Waals surface area (Å²) in [5.41, 5.74) is 6.06. The Balaban J connectivity index is 0.000000139. The topological polar surface area (TPSA) is 161 Å². The van der Waals surface area contributed by atoms with Crippen LogP contribution in [0, 0.1) is 0 Å². The van der Waals surface area contributed by atoms with Crippen LogP contribution in [0.4, 0.5) is 29.2 Å². The van der Waals surface area contributed by atoms with Crippen LogP contribution in [0.5, 0.6) is 0 Å². The molecule has 0 spiro atoms. The van der Waals surface area contributed by atoms with Crippen LogP contribution in [-0.2, 0) is 0 Å². The lowest BCUT2D eigenvalue weighted by Crippen LogP contribution is -2.26. The minimum Gasteiger partial charge on any atom is -0.331 e. The number of para-hydroxylation sites is 2. The van der Waals surface area contributed by atoms with Gasteiger partial charge in [0.1, 0.15) is 35.3 Å². The van der Waals surface area contributed by atoms with Gasteiger partial charge in [0.05, 0.1) is 29.8 Å². The van der Waals surface area contributed by atoms with Crippen molar-refractivity contribution in [1.29, 1.82) is 0 Å². The third-order valence-electron chi connectivity index (χ3n) is 11.2. The number of aromatic nitrogens is 12. The molecule has 2 aliphatic heterocycles. The van der Waals surface area contributed by atoms with Gasteiger partial charge < -0.3 is 30.0 Å². The number of halogens is 2. The molecule has 10 aromatic rings. The van der Waals surface area contributed by atoms with E-state index < -0.39 is 0 Å². The summed E-state index contributed by atoms with van der Waals surface area (Å²) in [5.74, 6) is 3.44. The highest BCUT2D eigenvalue weighted by Gasteiger charge is 2.30. The number of nitrogens with one attached hydrogen (secondary N) is 3. The average molecular weight is 918 g/mol. The molecule has 2 atom stereocenters. The Hall–Kier alpha value is -7.66. The van der Waals surface area contributed by atoms with Crippen LogP contribution >= 0.6 is 24.0 Å². The smallest absolute Gasteiger partial charge is 0.246 e. The van der Waals surface area contributed by atoms with Crippen molar-refractivity contribution in [2.45, 2.75) is 37.8 Å². The van der Waals surface area contributed by atoms with E-state index in [0.29, 0.717) is 23.6 Å². The van der Waals surface area contributed by atoms with Gasteiger partial charge in [-0.15, -0.1) is 22.6 Å². The maximum absolute atomic E-state index is 5.94. The molecule has 332 valence electrons. The Bertz CT molecular complexity index is 3080. The zero-order chi connectivity index (χ0) is 43.8. The van der Waals surface area contributed by atoms with Gasteiger partial charge in [0, 0.05) is 48.7 Å². The molecule has 18 heteroatoms. The zero-order valence-electron chi connectivity index (χ0n) is 35.7. The minimum absolute atomic E-state index is 0. The SMILES string of the molecule is Cl.Clc1nc(Nc2cn(-c3ccccc3)cn2)c2cccn2n1.c1ccc(-n2cnc(Nc3nc(N4CCCC4c4ccccn4)nn4cccc34)c2)cc1.c1ccc(C2CCCN2)nc1. The number of rotatable bonds is 9. The Morgan fingerprint density at radius 3 is 1.73 bits per heavy atom. The van der Waals surface area contributed by atoms with Crippen molar-refractivity contribution in [3.63, 3.8) is 0 Å². The Morgan fingerprint density at radius 1 is 0.576 bits per heavy atom. The van der Waals surface area contributed by atoms with Gasteiger partial charge >= 0.3 is 0 Å². The number of anilines is 5. The van der Waals surface area contributed by atoms with Gasteiger partial charge in [-0.2, -0.15) is 9.97 Å². The molecule has 0 amide bonds. The normalized spacial score (nSPS) is 15.4. The van der Waals surface area contributed by atoms with E-state index in [9.17, 15) is 0 Å². The largest absolute Gasteiger partial charge is 0.331 e. The number of nitrogens with zero attached hydrogens (tertiary/aromatic N) is 13. The highest BCUT2D eigenvalue weighted by molar-refractivity contribution is 6.28. The summed E-state index contributed by atoms with van der Waals surface area (Å²) in [5, 5.41) is 19.0. The summed E-state index contributed by atoms with van der Waals surface area (Å²) < 4.78 is 7.45. The first-order chi connectivity index (χ1) is 32.1. The molecular formula is C48H46Cl2N16. The summed E-state index contributed by atoms with van der Waals surface area (Å²) in [6.07, 6.45) is 19.5. The molecule has 8 aromatic heterocycles. The quantitative estimate of drug-likeness (QED) is 0.126. The second kappa shape index (κ2) is 20.5. The van der Waals surface area contributed by atoms with Gasteiger partial charge in [-0.3, -0.25) is 9.97 Å². The molecule has 2 aromatic carbocycles. The third-order valence-corrected chi connectivity index (χ3v) is 11.3. The van der Waals surface area contributed by atoms with Gasteiger partial charge in [0.15, 0.2) is 11.6 Å². The molecule has 0 radical (unpaired) electrons. The fourth-order valence-corrected chi connectivity index (χ4v) is 8.21. The van der Waals surface area contributed by atoms with Crippen LogP contribution in [0.15, 0.2) is 171 Å². The van der Waals surface area contributed by atoms with E-state index in [-0.39, 0.29) is 23.7 Å². The van der Waals surface area contributed by atoms with Crippen molar-refractivity contribution < 1.29 is 0 Å². The lowest BCUT2D eigenvalue weighted by atomic mass is 10.1. The molecule has 0 saturated carbocycles. The average Bonchev–Trinajstić information content (AvgIpc) is 4.22. The predicted molar refractivity (Wildman–Crippen MR) is 260 cm³/mol. The highest BCUT2D eigenvalue weighted by atomic mass is 35.5. The van der Waals surface area contributed by atoms with Crippen molar-refractivity contribution in [2.75, 3.05) is 28.6 Å². The van der Waals surface area contributed by atoms with E-state index in [0.717, 1.165) is 65.7 Å². The highest BCUT2D eigenvalue weighted by Crippen LogP contribution is 2.34. The monoisotopic (exact) mass is 916 g/mol. The molecule has 0 aliphatic carbocycles. The van der Waals surface area contributed by atoms with Crippen molar-refractivity contribution in [1.82, 2.24) is 63.6 Å². The first kappa shape index (κ1) is 43.6. The van der Waals surface area contributed by atoms with E-state index >= 15 is 0 Å². The second-order valence-corrected chi connectivity index (χ2v) is 15.8. The standard InChI is InChI=1S/C24H22N8.C15H11ClN6.C9H12N2.ClH/c1-2-8-18(9-3-1)30-16-22(26-17-30)27-23-21-12-7-15-32(21)29-24(28-23)31-14-6-11-20(31)19-10-4-5-13-25-19;16-15-19-14(12-7-4-8-22(12)20-15)18-13-9-21(10-17-13)11-5-2-1-3-6-11;1-2-6-10-8(4-1)9-5-3-7-11-9;/h1-5,7-10,12-13,15-17,20H,6,11,14H2,(H,27,28,29);1-10H,(H,18,19,20);1-2,4,6,9,11H,3,5,7H2;1H.